The smallest absolute Gasteiger partial charge is 0.335 e. The van der Waals surface area contributed by atoms with Gasteiger partial charge in [0.25, 0.3) is 11.5 Å². The predicted molar refractivity (Wildman–Crippen MR) is 99.4 cm³/mol. The molecule has 0 saturated carbocycles. The Labute approximate surface area is 157 Å². The molecule has 28 heavy (non-hydrogen) atoms. The van der Waals surface area contributed by atoms with E-state index in [1.165, 1.54) is 47.9 Å². The molecule has 0 bridgehead atoms. The van der Waals surface area contributed by atoms with Gasteiger partial charge < -0.3 is 9.67 Å². The summed E-state index contributed by atoms with van der Waals surface area (Å²) in [5.41, 5.74) is 2.32. The number of rotatable bonds is 5. The molecule has 11 heteroatoms. The van der Waals surface area contributed by atoms with Gasteiger partial charge in [0.15, 0.2) is 11.2 Å². The van der Waals surface area contributed by atoms with Crippen molar-refractivity contribution in [2.45, 2.75) is 6.54 Å². The van der Waals surface area contributed by atoms with Crippen LogP contribution in [0.15, 0.2) is 45.3 Å². The molecule has 1 aromatic carbocycles. The summed E-state index contributed by atoms with van der Waals surface area (Å²) in [6, 6.07) is 5.94. The lowest BCUT2D eigenvalue weighted by Crippen LogP contribution is -2.38. The van der Waals surface area contributed by atoms with Crippen LogP contribution in [0.4, 0.5) is 0 Å². The molecule has 0 saturated heterocycles. The Hall–Kier alpha value is -4.02. The van der Waals surface area contributed by atoms with E-state index in [-0.39, 0.29) is 23.3 Å². The molecule has 0 unspecified atom stereocenters. The Bertz CT molecular complexity index is 1220. The fourth-order valence-corrected chi connectivity index (χ4v) is 2.60. The standard InChI is InChI=1S/C17H16N6O5/c1-21-14-13(15(25)22(2)17(21)28)23(9-18-14)8-12(24)20-19-7-10-3-5-11(6-4-10)16(26)27/h3-7,9H,8H2,1-2H3,(H,20,24)(H,26,27)/b19-7-. The van der Waals surface area contributed by atoms with Crippen LogP contribution in [0.3, 0.4) is 0 Å². The summed E-state index contributed by atoms with van der Waals surface area (Å²) in [5.74, 6) is -1.54. The Morgan fingerprint density at radius 3 is 2.50 bits per heavy atom. The van der Waals surface area contributed by atoms with Crippen LogP contribution in [-0.4, -0.2) is 41.9 Å². The van der Waals surface area contributed by atoms with Gasteiger partial charge in [-0.15, -0.1) is 0 Å². The number of hydrogen-bond acceptors (Lipinski definition) is 6. The van der Waals surface area contributed by atoms with E-state index < -0.39 is 23.1 Å². The highest BCUT2D eigenvalue weighted by molar-refractivity contribution is 5.89. The summed E-state index contributed by atoms with van der Waals surface area (Å²) >= 11 is 0. The Morgan fingerprint density at radius 1 is 1.18 bits per heavy atom. The second kappa shape index (κ2) is 7.31. The summed E-state index contributed by atoms with van der Waals surface area (Å²) in [4.78, 5) is 51.2. The number of carboxylic acids is 1. The third kappa shape index (κ3) is 3.45. The lowest BCUT2D eigenvalue weighted by molar-refractivity contribution is -0.121. The van der Waals surface area contributed by atoms with Gasteiger partial charge in [-0.25, -0.2) is 20.0 Å². The number of imidazole rings is 1. The molecule has 0 aliphatic heterocycles. The van der Waals surface area contributed by atoms with Crippen molar-refractivity contribution in [3.63, 3.8) is 0 Å². The van der Waals surface area contributed by atoms with Gasteiger partial charge in [0.2, 0.25) is 0 Å². The first-order chi connectivity index (χ1) is 13.3. The predicted octanol–water partition coefficient (Wildman–Crippen LogP) is -0.718. The largest absolute Gasteiger partial charge is 0.478 e. The minimum atomic E-state index is -1.03. The molecule has 2 aromatic heterocycles. The van der Waals surface area contributed by atoms with Crippen LogP contribution in [0.5, 0.6) is 0 Å². The average molecular weight is 384 g/mol. The van der Waals surface area contributed by atoms with Crippen molar-refractivity contribution in [2.24, 2.45) is 19.2 Å². The SMILES string of the molecule is Cn1c(=O)c2c(ncn2CC(=O)N/N=C\c2ccc(C(=O)O)cc2)n(C)c1=O. The molecule has 1 amide bonds. The molecule has 0 aliphatic carbocycles. The van der Waals surface area contributed by atoms with Crippen LogP contribution in [0.25, 0.3) is 11.2 Å². The number of carbonyl (C=O) groups is 2. The number of carbonyl (C=O) groups excluding carboxylic acids is 1. The molecular formula is C17H16N6O5. The fourth-order valence-electron chi connectivity index (χ4n) is 2.60. The summed E-state index contributed by atoms with van der Waals surface area (Å²) in [7, 11) is 2.84. The zero-order chi connectivity index (χ0) is 20.4. The van der Waals surface area contributed by atoms with Gasteiger partial charge in [0.1, 0.15) is 6.54 Å². The summed E-state index contributed by atoms with van der Waals surface area (Å²) < 4.78 is 3.51. The Morgan fingerprint density at radius 2 is 1.86 bits per heavy atom. The van der Waals surface area contributed by atoms with Crippen molar-refractivity contribution >= 4 is 29.3 Å². The number of hydrazone groups is 1. The third-order valence-corrected chi connectivity index (χ3v) is 4.09. The number of fused-ring (bicyclic) bond motifs is 1. The lowest BCUT2D eigenvalue weighted by Gasteiger charge is -2.06. The fraction of sp³-hybridized carbons (Fsp3) is 0.176. The topological polar surface area (TPSA) is 141 Å². The van der Waals surface area contributed by atoms with Crippen molar-refractivity contribution in [1.29, 1.82) is 0 Å². The van der Waals surface area contributed by atoms with Gasteiger partial charge in [-0.3, -0.25) is 18.7 Å². The second-order valence-corrected chi connectivity index (χ2v) is 5.97. The van der Waals surface area contributed by atoms with E-state index in [1.54, 1.807) is 12.1 Å². The van der Waals surface area contributed by atoms with Crippen molar-refractivity contribution in [3.05, 3.63) is 62.6 Å². The average Bonchev–Trinajstić information content (AvgIpc) is 3.08. The molecule has 0 aliphatic rings. The lowest BCUT2D eigenvalue weighted by atomic mass is 10.1. The van der Waals surface area contributed by atoms with Crippen molar-refractivity contribution < 1.29 is 14.7 Å². The number of aromatic carboxylic acids is 1. The van der Waals surface area contributed by atoms with Crippen LogP contribution in [0.1, 0.15) is 15.9 Å². The normalized spacial score (nSPS) is 11.2. The van der Waals surface area contributed by atoms with Crippen molar-refractivity contribution in [1.82, 2.24) is 24.1 Å². The number of carboxylic acid groups (broad SMARTS) is 1. The number of nitrogens with zero attached hydrogens (tertiary/aromatic N) is 5. The molecule has 2 N–H and O–H groups in total. The molecule has 3 rings (SSSR count). The van der Waals surface area contributed by atoms with Crippen LogP contribution in [-0.2, 0) is 25.4 Å². The van der Waals surface area contributed by atoms with Gasteiger partial charge in [-0.1, -0.05) is 12.1 Å². The maximum Gasteiger partial charge on any atom is 0.335 e. The van der Waals surface area contributed by atoms with E-state index in [9.17, 15) is 19.2 Å². The van der Waals surface area contributed by atoms with E-state index in [0.29, 0.717) is 5.56 Å². The van der Waals surface area contributed by atoms with E-state index in [0.717, 1.165) is 4.57 Å². The molecule has 0 spiro atoms. The molecule has 0 fully saturated rings. The van der Waals surface area contributed by atoms with Crippen LogP contribution < -0.4 is 16.7 Å². The highest BCUT2D eigenvalue weighted by Crippen LogP contribution is 2.05. The first-order valence-electron chi connectivity index (χ1n) is 8.05. The van der Waals surface area contributed by atoms with Crippen LogP contribution in [0.2, 0.25) is 0 Å². The van der Waals surface area contributed by atoms with Gasteiger partial charge in [0.05, 0.1) is 18.1 Å². The Kier molecular flexibility index (Phi) is 4.90. The van der Waals surface area contributed by atoms with Crippen molar-refractivity contribution in [2.75, 3.05) is 0 Å². The highest BCUT2D eigenvalue weighted by atomic mass is 16.4. The molecule has 0 radical (unpaired) electrons. The Balaban J connectivity index is 1.74. The number of hydrogen-bond donors (Lipinski definition) is 2. The second-order valence-electron chi connectivity index (χ2n) is 5.97. The zero-order valence-electron chi connectivity index (χ0n) is 15.0. The van der Waals surface area contributed by atoms with Gasteiger partial charge in [0, 0.05) is 14.1 Å². The van der Waals surface area contributed by atoms with E-state index in [4.69, 9.17) is 5.11 Å². The minimum absolute atomic E-state index is 0.132. The first-order valence-corrected chi connectivity index (χ1v) is 8.05. The zero-order valence-corrected chi connectivity index (χ0v) is 15.0. The van der Waals surface area contributed by atoms with Gasteiger partial charge in [-0.2, -0.15) is 5.10 Å². The third-order valence-electron chi connectivity index (χ3n) is 4.09. The number of aromatic nitrogens is 4. The first kappa shape index (κ1) is 18.8. The number of aryl methyl sites for hydroxylation is 1. The van der Waals surface area contributed by atoms with Gasteiger partial charge >= 0.3 is 11.7 Å². The van der Waals surface area contributed by atoms with Gasteiger partial charge in [-0.05, 0) is 17.7 Å². The summed E-state index contributed by atoms with van der Waals surface area (Å²) in [5, 5.41) is 12.7. The summed E-state index contributed by atoms with van der Waals surface area (Å²) in [6.45, 7) is -0.223. The number of benzene rings is 1. The molecule has 0 atom stereocenters. The molecule has 3 aromatic rings. The van der Waals surface area contributed by atoms with Crippen molar-refractivity contribution in [3.8, 4) is 0 Å². The quantitative estimate of drug-likeness (QED) is 0.439. The molecular weight excluding hydrogens is 368 g/mol. The molecule has 2 heterocycles. The minimum Gasteiger partial charge on any atom is -0.478 e. The monoisotopic (exact) mass is 384 g/mol. The van der Waals surface area contributed by atoms with E-state index in [2.05, 4.69) is 15.5 Å². The van der Waals surface area contributed by atoms with Crippen LogP contribution in [0, 0.1) is 0 Å². The number of amides is 1. The number of nitrogens with one attached hydrogen (secondary N) is 1. The maximum atomic E-state index is 12.3. The van der Waals surface area contributed by atoms with E-state index >= 15 is 0 Å². The summed E-state index contributed by atoms with van der Waals surface area (Å²) in [6.07, 6.45) is 2.66. The molecule has 11 nitrogen and oxygen atoms in total. The van der Waals surface area contributed by atoms with E-state index in [1.807, 2.05) is 0 Å². The maximum absolute atomic E-state index is 12.3. The highest BCUT2D eigenvalue weighted by Gasteiger charge is 2.15. The van der Waals surface area contributed by atoms with Crippen LogP contribution >= 0.6 is 0 Å². The molecule has 144 valence electrons.